The van der Waals surface area contributed by atoms with Gasteiger partial charge in [-0.3, -0.25) is 4.79 Å². The Hall–Kier alpha value is -1.91. The van der Waals surface area contributed by atoms with Crippen LogP contribution < -0.4 is 0 Å². The SMILES string of the molecule is O=C(c1ccc(Cl)cc1)N1CCC[C@@H](c2nc3ccccc3s2)C1. The number of halogens is 1. The molecule has 0 N–H and O–H groups in total. The van der Waals surface area contributed by atoms with Crippen molar-refractivity contribution in [3.8, 4) is 0 Å². The van der Waals surface area contributed by atoms with Crippen molar-refractivity contribution in [3.63, 3.8) is 0 Å². The topological polar surface area (TPSA) is 33.2 Å². The summed E-state index contributed by atoms with van der Waals surface area (Å²) in [6.07, 6.45) is 2.10. The Kier molecular flexibility index (Phi) is 4.25. The summed E-state index contributed by atoms with van der Waals surface area (Å²) in [7, 11) is 0. The highest BCUT2D eigenvalue weighted by atomic mass is 35.5. The fourth-order valence-electron chi connectivity index (χ4n) is 3.20. The number of rotatable bonds is 2. The average molecular weight is 357 g/mol. The first-order chi connectivity index (χ1) is 11.7. The van der Waals surface area contributed by atoms with Gasteiger partial charge in [-0.2, -0.15) is 0 Å². The van der Waals surface area contributed by atoms with E-state index in [4.69, 9.17) is 16.6 Å². The van der Waals surface area contributed by atoms with Crippen molar-refractivity contribution in [1.29, 1.82) is 0 Å². The van der Waals surface area contributed by atoms with Gasteiger partial charge in [-0.05, 0) is 49.2 Å². The second-order valence-corrected chi connectivity index (χ2v) is 7.62. The molecule has 3 nitrogen and oxygen atoms in total. The van der Waals surface area contributed by atoms with E-state index in [9.17, 15) is 4.79 Å². The molecule has 4 rings (SSSR count). The molecule has 122 valence electrons. The Morgan fingerprint density at radius 1 is 1.17 bits per heavy atom. The van der Waals surface area contributed by atoms with Crippen LogP contribution in [0.4, 0.5) is 0 Å². The first-order valence-electron chi connectivity index (χ1n) is 8.11. The summed E-state index contributed by atoms with van der Waals surface area (Å²) in [5.41, 5.74) is 1.75. The molecule has 2 heterocycles. The zero-order valence-electron chi connectivity index (χ0n) is 13.1. The lowest BCUT2D eigenvalue weighted by Gasteiger charge is -2.32. The van der Waals surface area contributed by atoms with Crippen LogP contribution in [0.2, 0.25) is 5.02 Å². The van der Waals surface area contributed by atoms with Crippen molar-refractivity contribution in [2.75, 3.05) is 13.1 Å². The second kappa shape index (κ2) is 6.54. The number of fused-ring (bicyclic) bond motifs is 1. The number of carbonyl (C=O) groups excluding carboxylic acids is 1. The lowest BCUT2D eigenvalue weighted by atomic mass is 9.98. The van der Waals surface area contributed by atoms with Gasteiger partial charge in [-0.25, -0.2) is 4.98 Å². The van der Waals surface area contributed by atoms with Crippen LogP contribution in [0.25, 0.3) is 10.2 Å². The average Bonchev–Trinajstić information content (AvgIpc) is 3.06. The third-order valence-corrected chi connectivity index (χ3v) is 5.91. The molecule has 24 heavy (non-hydrogen) atoms. The molecule has 1 aliphatic rings. The molecule has 1 atom stereocenters. The molecule has 2 aromatic carbocycles. The zero-order valence-corrected chi connectivity index (χ0v) is 14.7. The van der Waals surface area contributed by atoms with Crippen molar-refractivity contribution >= 4 is 39.1 Å². The summed E-state index contributed by atoms with van der Waals surface area (Å²) in [6.45, 7) is 1.55. The van der Waals surface area contributed by atoms with Crippen LogP contribution >= 0.6 is 22.9 Å². The van der Waals surface area contributed by atoms with Crippen LogP contribution in [0, 0.1) is 0 Å². The maximum Gasteiger partial charge on any atom is 0.253 e. The van der Waals surface area contributed by atoms with E-state index in [1.165, 1.54) is 4.70 Å². The van der Waals surface area contributed by atoms with E-state index in [1.807, 2.05) is 17.0 Å². The Morgan fingerprint density at radius 2 is 1.96 bits per heavy atom. The summed E-state index contributed by atoms with van der Waals surface area (Å²) >= 11 is 7.66. The molecule has 1 aliphatic heterocycles. The molecule has 0 aliphatic carbocycles. The minimum Gasteiger partial charge on any atom is -0.338 e. The second-order valence-electron chi connectivity index (χ2n) is 6.12. The van der Waals surface area contributed by atoms with Gasteiger partial charge in [0, 0.05) is 29.6 Å². The molecular formula is C19H17ClN2OS. The molecule has 0 unspecified atom stereocenters. The highest BCUT2D eigenvalue weighted by molar-refractivity contribution is 7.18. The first kappa shape index (κ1) is 15.6. The molecular weight excluding hydrogens is 340 g/mol. The Balaban J connectivity index is 1.54. The Bertz CT molecular complexity index is 841. The van der Waals surface area contributed by atoms with Crippen LogP contribution in [-0.2, 0) is 0 Å². The largest absolute Gasteiger partial charge is 0.338 e. The molecule has 1 fully saturated rings. The van der Waals surface area contributed by atoms with E-state index in [2.05, 4.69) is 12.1 Å². The molecule has 3 aromatic rings. The zero-order chi connectivity index (χ0) is 16.5. The van der Waals surface area contributed by atoms with Crippen LogP contribution in [0.15, 0.2) is 48.5 Å². The smallest absolute Gasteiger partial charge is 0.253 e. The molecule has 1 aromatic heterocycles. The number of para-hydroxylation sites is 1. The van der Waals surface area contributed by atoms with Gasteiger partial charge in [0.25, 0.3) is 5.91 Å². The predicted octanol–water partition coefficient (Wildman–Crippen LogP) is 4.97. The number of piperidine rings is 1. The monoisotopic (exact) mass is 356 g/mol. The van der Waals surface area contributed by atoms with Crippen LogP contribution in [0.3, 0.4) is 0 Å². The summed E-state index contributed by atoms with van der Waals surface area (Å²) in [6, 6.07) is 15.3. The highest BCUT2D eigenvalue weighted by Crippen LogP contribution is 2.33. The molecule has 0 spiro atoms. The summed E-state index contributed by atoms with van der Waals surface area (Å²) in [4.78, 5) is 19.5. The fraction of sp³-hybridized carbons (Fsp3) is 0.263. The standard InChI is InChI=1S/C19H17ClN2OS/c20-15-9-7-13(8-10-15)19(23)22-11-3-4-14(12-22)18-21-16-5-1-2-6-17(16)24-18/h1-2,5-10,14H,3-4,11-12H2/t14-/m1/s1. The lowest BCUT2D eigenvalue weighted by molar-refractivity contribution is 0.0707. The van der Waals surface area contributed by atoms with Gasteiger partial charge in [0.2, 0.25) is 0 Å². The minimum absolute atomic E-state index is 0.0810. The minimum atomic E-state index is 0.0810. The van der Waals surface area contributed by atoms with Crippen molar-refractivity contribution in [1.82, 2.24) is 9.88 Å². The van der Waals surface area contributed by atoms with Gasteiger partial charge in [0.1, 0.15) is 0 Å². The maximum atomic E-state index is 12.7. The maximum absolute atomic E-state index is 12.7. The number of hydrogen-bond acceptors (Lipinski definition) is 3. The van der Waals surface area contributed by atoms with Gasteiger partial charge in [0.05, 0.1) is 15.2 Å². The number of hydrogen-bond donors (Lipinski definition) is 0. The summed E-state index contributed by atoms with van der Waals surface area (Å²) in [5.74, 6) is 0.407. The number of likely N-dealkylation sites (tertiary alicyclic amines) is 1. The van der Waals surface area contributed by atoms with Gasteiger partial charge < -0.3 is 4.90 Å². The Morgan fingerprint density at radius 3 is 2.75 bits per heavy atom. The number of benzene rings is 2. The first-order valence-corrected chi connectivity index (χ1v) is 9.30. The molecule has 1 amide bonds. The normalized spacial score (nSPS) is 18.0. The van der Waals surface area contributed by atoms with Crippen molar-refractivity contribution < 1.29 is 4.79 Å². The third-order valence-electron chi connectivity index (χ3n) is 4.46. The van der Waals surface area contributed by atoms with E-state index < -0.39 is 0 Å². The van der Waals surface area contributed by atoms with E-state index in [1.54, 1.807) is 35.6 Å². The molecule has 0 bridgehead atoms. The molecule has 0 radical (unpaired) electrons. The van der Waals surface area contributed by atoms with Gasteiger partial charge >= 0.3 is 0 Å². The van der Waals surface area contributed by atoms with Crippen LogP contribution in [0.1, 0.15) is 34.1 Å². The van der Waals surface area contributed by atoms with Gasteiger partial charge in [-0.1, -0.05) is 23.7 Å². The molecule has 5 heteroatoms. The summed E-state index contributed by atoms with van der Waals surface area (Å²) < 4.78 is 1.22. The van der Waals surface area contributed by atoms with E-state index >= 15 is 0 Å². The number of amides is 1. The molecule has 1 saturated heterocycles. The van der Waals surface area contributed by atoms with E-state index in [0.717, 1.165) is 36.5 Å². The van der Waals surface area contributed by atoms with Crippen molar-refractivity contribution in [3.05, 3.63) is 64.1 Å². The van der Waals surface area contributed by atoms with Crippen LogP contribution in [-0.4, -0.2) is 28.9 Å². The predicted molar refractivity (Wildman–Crippen MR) is 99.0 cm³/mol. The number of carbonyl (C=O) groups is 1. The molecule has 0 saturated carbocycles. The van der Waals surface area contributed by atoms with E-state index in [-0.39, 0.29) is 5.91 Å². The quantitative estimate of drug-likeness (QED) is 0.649. The highest BCUT2D eigenvalue weighted by Gasteiger charge is 2.27. The number of thiazole rings is 1. The van der Waals surface area contributed by atoms with Gasteiger partial charge in [-0.15, -0.1) is 11.3 Å². The van der Waals surface area contributed by atoms with Crippen LogP contribution in [0.5, 0.6) is 0 Å². The number of aromatic nitrogens is 1. The lowest BCUT2D eigenvalue weighted by Crippen LogP contribution is -2.39. The van der Waals surface area contributed by atoms with Crippen molar-refractivity contribution in [2.24, 2.45) is 0 Å². The van der Waals surface area contributed by atoms with E-state index in [0.29, 0.717) is 16.5 Å². The fourth-order valence-corrected chi connectivity index (χ4v) is 4.42. The van der Waals surface area contributed by atoms with Crippen molar-refractivity contribution in [2.45, 2.75) is 18.8 Å². The number of nitrogens with zero attached hydrogens (tertiary/aromatic N) is 2. The summed E-state index contributed by atoms with van der Waals surface area (Å²) in [5, 5.41) is 1.79. The van der Waals surface area contributed by atoms with Gasteiger partial charge in [0.15, 0.2) is 0 Å². The third kappa shape index (κ3) is 3.04. The Labute approximate surface area is 149 Å².